The van der Waals surface area contributed by atoms with Crippen LogP contribution in [0.15, 0.2) is 60.8 Å². The molecule has 4 rings (SSSR count). The molecule has 0 amide bonds. The highest BCUT2D eigenvalue weighted by molar-refractivity contribution is 5.61. The SMILES string of the molecule is CN1CCC(c2ccccc2F)c2ccc(-c3cccnn3)cc2C1. The van der Waals surface area contributed by atoms with E-state index >= 15 is 0 Å². The second kappa shape index (κ2) is 6.73. The number of fused-ring (bicyclic) bond motifs is 1. The molecule has 0 saturated heterocycles. The van der Waals surface area contributed by atoms with E-state index in [1.807, 2.05) is 24.3 Å². The molecule has 1 atom stereocenters. The Hall–Kier alpha value is -2.59. The monoisotopic (exact) mass is 333 g/mol. The van der Waals surface area contributed by atoms with E-state index in [0.29, 0.717) is 0 Å². The summed E-state index contributed by atoms with van der Waals surface area (Å²) in [6.45, 7) is 1.79. The van der Waals surface area contributed by atoms with Gasteiger partial charge in [-0.1, -0.05) is 30.3 Å². The van der Waals surface area contributed by atoms with Crippen molar-refractivity contribution in [3.05, 3.63) is 83.3 Å². The lowest BCUT2D eigenvalue weighted by molar-refractivity contribution is 0.328. The molecule has 25 heavy (non-hydrogen) atoms. The smallest absolute Gasteiger partial charge is 0.127 e. The van der Waals surface area contributed by atoms with E-state index in [-0.39, 0.29) is 11.7 Å². The molecule has 0 radical (unpaired) electrons. The van der Waals surface area contributed by atoms with Gasteiger partial charge in [0.15, 0.2) is 0 Å². The molecule has 0 saturated carbocycles. The molecule has 1 aromatic heterocycles. The zero-order chi connectivity index (χ0) is 17.2. The van der Waals surface area contributed by atoms with Crippen LogP contribution in [0.4, 0.5) is 4.39 Å². The van der Waals surface area contributed by atoms with E-state index in [2.05, 4.69) is 40.3 Å². The third-order valence-electron chi connectivity index (χ3n) is 4.91. The van der Waals surface area contributed by atoms with Crippen LogP contribution in [0.25, 0.3) is 11.3 Å². The van der Waals surface area contributed by atoms with Gasteiger partial charge in [0.25, 0.3) is 0 Å². The van der Waals surface area contributed by atoms with E-state index in [0.717, 1.165) is 36.3 Å². The van der Waals surface area contributed by atoms with Crippen molar-refractivity contribution >= 4 is 0 Å². The van der Waals surface area contributed by atoms with Gasteiger partial charge >= 0.3 is 0 Å². The van der Waals surface area contributed by atoms with Crippen molar-refractivity contribution in [2.45, 2.75) is 18.9 Å². The second-order valence-electron chi connectivity index (χ2n) is 6.62. The average Bonchev–Trinajstić information content (AvgIpc) is 2.80. The Bertz CT molecular complexity index is 879. The fraction of sp³-hybridized carbons (Fsp3) is 0.238. The molecule has 3 aromatic rings. The molecule has 1 aliphatic heterocycles. The molecular formula is C21H20FN3. The van der Waals surface area contributed by atoms with Crippen LogP contribution in [-0.4, -0.2) is 28.7 Å². The Labute approximate surface area is 147 Å². The van der Waals surface area contributed by atoms with E-state index in [9.17, 15) is 4.39 Å². The molecule has 2 aromatic carbocycles. The minimum absolute atomic E-state index is 0.0806. The Morgan fingerprint density at radius 2 is 1.92 bits per heavy atom. The van der Waals surface area contributed by atoms with E-state index < -0.39 is 0 Å². The first-order chi connectivity index (χ1) is 12.2. The maximum Gasteiger partial charge on any atom is 0.127 e. The summed E-state index contributed by atoms with van der Waals surface area (Å²) in [5, 5.41) is 8.18. The van der Waals surface area contributed by atoms with Gasteiger partial charge in [-0.05, 0) is 61.0 Å². The third-order valence-corrected chi connectivity index (χ3v) is 4.91. The Kier molecular flexibility index (Phi) is 4.28. The summed E-state index contributed by atoms with van der Waals surface area (Å²) in [7, 11) is 2.11. The fourth-order valence-electron chi connectivity index (χ4n) is 3.65. The van der Waals surface area contributed by atoms with Gasteiger partial charge in [-0.2, -0.15) is 10.2 Å². The van der Waals surface area contributed by atoms with Crippen LogP contribution in [-0.2, 0) is 6.54 Å². The summed E-state index contributed by atoms with van der Waals surface area (Å²) in [5.41, 5.74) is 5.14. The first kappa shape index (κ1) is 15.9. The lowest BCUT2D eigenvalue weighted by atomic mass is 9.85. The molecule has 0 aliphatic carbocycles. The zero-order valence-corrected chi connectivity index (χ0v) is 14.2. The first-order valence-corrected chi connectivity index (χ1v) is 8.56. The average molecular weight is 333 g/mol. The molecular weight excluding hydrogens is 313 g/mol. The summed E-state index contributed by atoms with van der Waals surface area (Å²) in [6.07, 6.45) is 2.59. The Balaban J connectivity index is 1.81. The minimum atomic E-state index is -0.124. The van der Waals surface area contributed by atoms with E-state index in [1.54, 1.807) is 18.3 Å². The second-order valence-corrected chi connectivity index (χ2v) is 6.62. The maximum atomic E-state index is 14.4. The van der Waals surface area contributed by atoms with Gasteiger partial charge in [-0.15, -0.1) is 0 Å². The number of rotatable bonds is 2. The Morgan fingerprint density at radius 3 is 2.72 bits per heavy atom. The van der Waals surface area contributed by atoms with Gasteiger partial charge in [-0.25, -0.2) is 4.39 Å². The predicted molar refractivity (Wildman–Crippen MR) is 96.7 cm³/mol. The highest BCUT2D eigenvalue weighted by atomic mass is 19.1. The minimum Gasteiger partial charge on any atom is -0.302 e. The van der Waals surface area contributed by atoms with Gasteiger partial charge in [0.2, 0.25) is 0 Å². The van der Waals surface area contributed by atoms with Gasteiger partial charge in [0, 0.05) is 24.2 Å². The van der Waals surface area contributed by atoms with Crippen LogP contribution in [0.3, 0.4) is 0 Å². The van der Waals surface area contributed by atoms with Crippen LogP contribution in [0.1, 0.15) is 29.0 Å². The quantitative estimate of drug-likeness (QED) is 0.702. The van der Waals surface area contributed by atoms with Crippen LogP contribution in [0.5, 0.6) is 0 Å². The van der Waals surface area contributed by atoms with Gasteiger partial charge < -0.3 is 4.90 Å². The lowest BCUT2D eigenvalue weighted by Crippen LogP contribution is -2.17. The Morgan fingerprint density at radius 1 is 1.04 bits per heavy atom. The molecule has 0 bridgehead atoms. The van der Waals surface area contributed by atoms with E-state index in [1.165, 1.54) is 11.1 Å². The molecule has 0 spiro atoms. The molecule has 1 unspecified atom stereocenters. The molecule has 3 nitrogen and oxygen atoms in total. The van der Waals surface area contributed by atoms with Crippen LogP contribution in [0, 0.1) is 5.82 Å². The number of benzene rings is 2. The van der Waals surface area contributed by atoms with Crippen molar-refractivity contribution in [2.24, 2.45) is 0 Å². The van der Waals surface area contributed by atoms with Crippen molar-refractivity contribution in [1.29, 1.82) is 0 Å². The number of hydrogen-bond acceptors (Lipinski definition) is 3. The van der Waals surface area contributed by atoms with E-state index in [4.69, 9.17) is 0 Å². The van der Waals surface area contributed by atoms with Gasteiger partial charge in [0.1, 0.15) is 5.82 Å². The third kappa shape index (κ3) is 3.17. The summed E-state index contributed by atoms with van der Waals surface area (Å²) >= 11 is 0. The van der Waals surface area contributed by atoms with Crippen molar-refractivity contribution in [3.63, 3.8) is 0 Å². The molecule has 0 fully saturated rings. The van der Waals surface area contributed by atoms with Crippen molar-refractivity contribution in [1.82, 2.24) is 15.1 Å². The summed E-state index contributed by atoms with van der Waals surface area (Å²) in [6, 6.07) is 17.4. The van der Waals surface area contributed by atoms with Crippen molar-refractivity contribution < 1.29 is 4.39 Å². The summed E-state index contributed by atoms with van der Waals surface area (Å²) < 4.78 is 14.4. The summed E-state index contributed by atoms with van der Waals surface area (Å²) in [5.74, 6) is -0.0435. The molecule has 1 aliphatic rings. The molecule has 2 heterocycles. The van der Waals surface area contributed by atoms with Crippen LogP contribution < -0.4 is 0 Å². The maximum absolute atomic E-state index is 14.4. The summed E-state index contributed by atoms with van der Waals surface area (Å²) in [4.78, 5) is 2.29. The highest BCUT2D eigenvalue weighted by Gasteiger charge is 2.24. The fourth-order valence-corrected chi connectivity index (χ4v) is 3.65. The standard InChI is InChI=1S/C21H20FN3/c1-25-12-10-18(19-5-2-3-6-20(19)22)17-9-8-15(13-16(17)14-25)21-7-4-11-23-24-21/h2-9,11,13,18H,10,12,14H2,1H3. The molecule has 0 N–H and O–H groups in total. The number of halogens is 1. The topological polar surface area (TPSA) is 29.0 Å². The normalized spacial score (nSPS) is 17.8. The molecule has 126 valence electrons. The van der Waals surface area contributed by atoms with Gasteiger partial charge in [0.05, 0.1) is 5.69 Å². The number of nitrogens with zero attached hydrogens (tertiary/aromatic N) is 3. The van der Waals surface area contributed by atoms with Crippen molar-refractivity contribution in [3.8, 4) is 11.3 Å². The highest BCUT2D eigenvalue weighted by Crippen LogP contribution is 2.36. The van der Waals surface area contributed by atoms with Crippen LogP contribution in [0.2, 0.25) is 0 Å². The largest absolute Gasteiger partial charge is 0.302 e. The lowest BCUT2D eigenvalue weighted by Gasteiger charge is -2.19. The first-order valence-electron chi connectivity index (χ1n) is 8.56. The van der Waals surface area contributed by atoms with Crippen LogP contribution >= 0.6 is 0 Å². The number of hydrogen-bond donors (Lipinski definition) is 0. The molecule has 4 heteroatoms. The predicted octanol–water partition coefficient (Wildman–Crippen LogP) is 4.25. The zero-order valence-electron chi connectivity index (χ0n) is 14.2. The van der Waals surface area contributed by atoms with Gasteiger partial charge in [-0.3, -0.25) is 0 Å². The number of aromatic nitrogens is 2. The van der Waals surface area contributed by atoms with Crippen molar-refractivity contribution in [2.75, 3.05) is 13.6 Å².